The normalized spacial score (nSPS) is 17.3. The number of aliphatic hydroxyl groups is 1. The predicted octanol–water partition coefficient (Wildman–Crippen LogP) is 3.64. The molecule has 170 valence electrons. The van der Waals surface area contributed by atoms with Gasteiger partial charge in [-0.2, -0.15) is 0 Å². The highest BCUT2D eigenvalue weighted by atomic mass is 16.5. The molecule has 0 radical (unpaired) electrons. The van der Waals surface area contributed by atoms with Crippen LogP contribution in [0.25, 0.3) is 5.76 Å². The van der Waals surface area contributed by atoms with E-state index in [1.54, 1.807) is 49.4 Å². The molecule has 0 spiro atoms. The number of ketones is 1. The van der Waals surface area contributed by atoms with Crippen LogP contribution in [0.2, 0.25) is 0 Å². The lowest BCUT2D eigenvalue weighted by Gasteiger charge is -2.24. The third kappa shape index (κ3) is 3.78. The van der Waals surface area contributed by atoms with E-state index in [2.05, 4.69) is 5.16 Å². The minimum absolute atomic E-state index is 0.125. The maximum atomic E-state index is 13.2. The molecule has 1 aliphatic heterocycles. The quantitative estimate of drug-likeness (QED) is 0.344. The van der Waals surface area contributed by atoms with Gasteiger partial charge in [-0.15, -0.1) is 0 Å². The van der Waals surface area contributed by atoms with Crippen LogP contribution in [-0.4, -0.2) is 43.3 Å². The summed E-state index contributed by atoms with van der Waals surface area (Å²) in [5, 5.41) is 15.2. The lowest BCUT2D eigenvalue weighted by atomic mass is 9.94. The molecule has 9 nitrogen and oxygen atoms in total. The van der Waals surface area contributed by atoms with Gasteiger partial charge in [0.05, 0.1) is 26.9 Å². The van der Waals surface area contributed by atoms with Crippen LogP contribution in [0.3, 0.4) is 0 Å². The first-order chi connectivity index (χ1) is 15.9. The summed E-state index contributed by atoms with van der Waals surface area (Å²) in [4.78, 5) is 27.6. The Hall–Kier alpha value is -4.27. The van der Waals surface area contributed by atoms with Crippen LogP contribution in [-0.2, 0) is 9.59 Å². The van der Waals surface area contributed by atoms with E-state index >= 15 is 0 Å². The Kier molecular flexibility index (Phi) is 5.78. The average molecular weight is 450 g/mol. The Morgan fingerprint density at radius 3 is 2.36 bits per heavy atom. The lowest BCUT2D eigenvalue weighted by molar-refractivity contribution is -0.132. The van der Waals surface area contributed by atoms with Crippen molar-refractivity contribution < 1.29 is 33.4 Å². The molecule has 1 saturated heterocycles. The summed E-state index contributed by atoms with van der Waals surface area (Å²) < 4.78 is 21.2. The summed E-state index contributed by atoms with van der Waals surface area (Å²) >= 11 is 0. The topological polar surface area (TPSA) is 111 Å². The van der Waals surface area contributed by atoms with Crippen LogP contribution in [0, 0.1) is 6.92 Å². The fourth-order valence-electron chi connectivity index (χ4n) is 3.81. The highest BCUT2D eigenvalue weighted by molar-refractivity contribution is 6.51. The number of ether oxygens (including phenoxy) is 3. The van der Waals surface area contributed by atoms with Gasteiger partial charge in [0.25, 0.3) is 5.78 Å². The molecule has 1 amide bonds. The van der Waals surface area contributed by atoms with Crippen LogP contribution in [0.5, 0.6) is 17.2 Å². The van der Waals surface area contributed by atoms with Crippen molar-refractivity contribution in [2.45, 2.75) is 13.0 Å². The van der Waals surface area contributed by atoms with Crippen molar-refractivity contribution in [1.29, 1.82) is 0 Å². The molecule has 1 fully saturated rings. The van der Waals surface area contributed by atoms with Gasteiger partial charge in [-0.1, -0.05) is 17.3 Å². The minimum atomic E-state index is -1.05. The van der Waals surface area contributed by atoms with Crippen molar-refractivity contribution in [2.75, 3.05) is 26.2 Å². The second-order valence-corrected chi connectivity index (χ2v) is 7.30. The zero-order valence-corrected chi connectivity index (χ0v) is 18.5. The number of carbonyl (C=O) groups is 2. The molecule has 0 unspecified atom stereocenters. The molecule has 2 aromatic carbocycles. The number of methoxy groups -OCH3 is 3. The maximum Gasteiger partial charge on any atom is 0.301 e. The first-order valence-corrected chi connectivity index (χ1v) is 10.00. The van der Waals surface area contributed by atoms with Crippen LogP contribution < -0.4 is 19.1 Å². The Morgan fingerprint density at radius 2 is 1.73 bits per heavy atom. The Bertz CT molecular complexity index is 1260. The number of hydrogen-bond acceptors (Lipinski definition) is 8. The van der Waals surface area contributed by atoms with Crippen molar-refractivity contribution in [2.24, 2.45) is 0 Å². The predicted molar refractivity (Wildman–Crippen MR) is 119 cm³/mol. The van der Waals surface area contributed by atoms with E-state index in [0.29, 0.717) is 34.1 Å². The highest BCUT2D eigenvalue weighted by Gasteiger charge is 2.49. The average Bonchev–Trinajstić information content (AvgIpc) is 3.38. The van der Waals surface area contributed by atoms with Crippen molar-refractivity contribution in [3.63, 3.8) is 0 Å². The Labute approximate surface area is 189 Å². The smallest absolute Gasteiger partial charge is 0.301 e. The van der Waals surface area contributed by atoms with Gasteiger partial charge in [0.2, 0.25) is 0 Å². The molecule has 4 rings (SSSR count). The molecule has 1 N–H and O–H groups in total. The summed E-state index contributed by atoms with van der Waals surface area (Å²) in [6.07, 6.45) is 0. The Balaban J connectivity index is 2.00. The fourth-order valence-corrected chi connectivity index (χ4v) is 3.81. The number of amides is 1. The standard InChI is InChI=1S/C24H22N2O7/c1-13-10-19(25-33-13)26-21(17-12-16(31-3)8-9-18(17)32-4)20(23(28)24(26)29)22(27)14-6-5-7-15(11-14)30-2/h5-12,21,27H,1-4H3/t21-/m1/s1. The molecule has 1 aromatic heterocycles. The fraction of sp³-hybridized carbons (Fsp3) is 0.208. The Morgan fingerprint density at radius 1 is 1.00 bits per heavy atom. The van der Waals surface area contributed by atoms with Gasteiger partial charge in [0, 0.05) is 17.2 Å². The summed E-state index contributed by atoms with van der Waals surface area (Å²) in [5.41, 5.74) is 0.622. The zero-order chi connectivity index (χ0) is 23.7. The second kappa shape index (κ2) is 8.70. The van der Waals surface area contributed by atoms with E-state index < -0.39 is 17.7 Å². The number of aromatic nitrogens is 1. The first-order valence-electron chi connectivity index (χ1n) is 10.00. The largest absolute Gasteiger partial charge is 0.507 e. The van der Waals surface area contributed by atoms with E-state index in [1.807, 2.05) is 0 Å². The highest BCUT2D eigenvalue weighted by Crippen LogP contribution is 2.45. The van der Waals surface area contributed by atoms with Gasteiger partial charge in [-0.05, 0) is 37.3 Å². The van der Waals surface area contributed by atoms with Crippen LogP contribution in [0.1, 0.15) is 22.9 Å². The number of aryl methyl sites for hydroxylation is 1. The summed E-state index contributed by atoms with van der Waals surface area (Å²) in [5.74, 6) is -0.141. The molecule has 9 heteroatoms. The number of benzene rings is 2. The monoisotopic (exact) mass is 450 g/mol. The van der Waals surface area contributed by atoms with Crippen molar-refractivity contribution in [1.82, 2.24) is 5.16 Å². The third-order valence-corrected chi connectivity index (χ3v) is 5.38. The molecule has 33 heavy (non-hydrogen) atoms. The first kappa shape index (κ1) is 21.9. The van der Waals surface area contributed by atoms with Gasteiger partial charge in [-0.3, -0.25) is 14.5 Å². The van der Waals surface area contributed by atoms with Crippen LogP contribution >= 0.6 is 0 Å². The summed E-state index contributed by atoms with van der Waals surface area (Å²) in [7, 11) is 4.46. The molecule has 2 heterocycles. The van der Waals surface area contributed by atoms with Gasteiger partial charge in [0.1, 0.15) is 34.8 Å². The number of rotatable bonds is 6. The number of anilines is 1. The molecule has 3 aromatic rings. The van der Waals surface area contributed by atoms with Gasteiger partial charge >= 0.3 is 5.91 Å². The van der Waals surface area contributed by atoms with Gasteiger partial charge in [0.15, 0.2) is 5.82 Å². The molecule has 1 aliphatic rings. The molecular formula is C24H22N2O7. The SMILES string of the molecule is COc1cccc(C(O)=C2C(=O)C(=O)N(c3cc(C)on3)[C@@H]2c2cc(OC)ccc2OC)c1. The van der Waals surface area contributed by atoms with Crippen LogP contribution in [0.4, 0.5) is 5.82 Å². The minimum Gasteiger partial charge on any atom is -0.507 e. The van der Waals surface area contributed by atoms with E-state index in [4.69, 9.17) is 18.7 Å². The number of nitrogens with zero attached hydrogens (tertiary/aromatic N) is 2. The number of carbonyl (C=O) groups excluding carboxylic acids is 2. The van der Waals surface area contributed by atoms with E-state index in [9.17, 15) is 14.7 Å². The van der Waals surface area contributed by atoms with Crippen molar-refractivity contribution in [3.05, 3.63) is 71.0 Å². The van der Waals surface area contributed by atoms with Crippen molar-refractivity contribution in [3.8, 4) is 17.2 Å². The van der Waals surface area contributed by atoms with Gasteiger partial charge < -0.3 is 23.8 Å². The van der Waals surface area contributed by atoms with Gasteiger partial charge in [-0.25, -0.2) is 0 Å². The zero-order valence-electron chi connectivity index (χ0n) is 18.5. The van der Waals surface area contributed by atoms with E-state index in [0.717, 1.165) is 0 Å². The molecule has 0 bridgehead atoms. The molecular weight excluding hydrogens is 428 g/mol. The number of Topliss-reactive ketones (excluding diaryl/α,β-unsaturated/α-hetero) is 1. The van der Waals surface area contributed by atoms with Crippen LogP contribution in [0.15, 0.2) is 58.6 Å². The van der Waals surface area contributed by atoms with E-state index in [1.165, 1.54) is 32.3 Å². The lowest BCUT2D eigenvalue weighted by Crippen LogP contribution is -2.30. The summed E-state index contributed by atoms with van der Waals surface area (Å²) in [6, 6.07) is 12.1. The summed E-state index contributed by atoms with van der Waals surface area (Å²) in [6.45, 7) is 1.67. The molecule has 0 saturated carbocycles. The number of hydrogen-bond donors (Lipinski definition) is 1. The van der Waals surface area contributed by atoms with E-state index in [-0.39, 0.29) is 17.2 Å². The second-order valence-electron chi connectivity index (χ2n) is 7.30. The molecule has 1 atom stereocenters. The number of aliphatic hydroxyl groups excluding tert-OH is 1. The third-order valence-electron chi connectivity index (χ3n) is 5.38. The molecule has 0 aliphatic carbocycles. The van der Waals surface area contributed by atoms with Crippen molar-refractivity contribution >= 4 is 23.3 Å². The maximum absolute atomic E-state index is 13.2.